The molecule has 0 aliphatic rings. The molecule has 0 aliphatic heterocycles. The molecule has 21 heavy (non-hydrogen) atoms. The summed E-state index contributed by atoms with van der Waals surface area (Å²) < 4.78 is 5.30. The summed E-state index contributed by atoms with van der Waals surface area (Å²) in [4.78, 5) is 20.3. The first kappa shape index (κ1) is 13.5. The van der Waals surface area contributed by atoms with E-state index in [1.165, 1.54) is 11.8 Å². The molecule has 4 nitrogen and oxygen atoms in total. The smallest absolute Gasteiger partial charge is 0.348 e. The molecule has 0 unspecified atom stereocenters. The lowest BCUT2D eigenvalue weighted by molar-refractivity contribution is 0.518. The van der Waals surface area contributed by atoms with E-state index in [0.29, 0.717) is 16.8 Å². The molecule has 2 aromatic heterocycles. The van der Waals surface area contributed by atoms with E-state index in [4.69, 9.17) is 4.42 Å². The predicted molar refractivity (Wildman–Crippen MR) is 82.2 cm³/mol. The Hall–Kier alpha value is -2.49. The lowest BCUT2D eigenvalue weighted by Gasteiger charge is -2.18. The molecule has 0 aliphatic carbocycles. The maximum absolute atomic E-state index is 12.0. The summed E-state index contributed by atoms with van der Waals surface area (Å²) in [5.41, 5.74) is 2.28. The van der Waals surface area contributed by atoms with Crippen LogP contribution in [0.25, 0.3) is 22.4 Å². The van der Waals surface area contributed by atoms with Gasteiger partial charge in [-0.2, -0.15) is 0 Å². The van der Waals surface area contributed by atoms with E-state index in [1.54, 1.807) is 12.3 Å². The van der Waals surface area contributed by atoms with Gasteiger partial charge in [0.1, 0.15) is 5.39 Å². The summed E-state index contributed by atoms with van der Waals surface area (Å²) in [5.74, 6) is 0.333. The van der Waals surface area contributed by atoms with Crippen LogP contribution >= 0.6 is 0 Å². The first-order valence-corrected chi connectivity index (χ1v) is 6.81. The van der Waals surface area contributed by atoms with Gasteiger partial charge >= 0.3 is 5.63 Å². The fraction of sp³-hybridized carbons (Fsp3) is 0.235. The zero-order valence-corrected chi connectivity index (χ0v) is 12.3. The largest absolute Gasteiger partial charge is 0.403 e. The number of aromatic nitrogens is 2. The fourth-order valence-electron chi connectivity index (χ4n) is 2.15. The van der Waals surface area contributed by atoms with Gasteiger partial charge in [0.2, 0.25) is 5.89 Å². The lowest BCUT2D eigenvalue weighted by atomic mass is 9.87. The Morgan fingerprint density at radius 3 is 2.43 bits per heavy atom. The number of rotatable bonds is 1. The van der Waals surface area contributed by atoms with E-state index in [2.05, 4.69) is 30.7 Å². The Labute approximate surface area is 122 Å². The SMILES string of the molecule is CC(C)(C)c1ccc(-c2nc3ccncc3c(=O)o2)cc1. The molecule has 2 heterocycles. The molecule has 0 atom stereocenters. The lowest BCUT2D eigenvalue weighted by Crippen LogP contribution is -2.10. The average molecular weight is 280 g/mol. The third-order valence-electron chi connectivity index (χ3n) is 3.43. The Bertz CT molecular complexity index is 843. The molecule has 106 valence electrons. The Morgan fingerprint density at radius 1 is 1.05 bits per heavy atom. The van der Waals surface area contributed by atoms with E-state index in [-0.39, 0.29) is 5.41 Å². The van der Waals surface area contributed by atoms with Gasteiger partial charge in [-0.25, -0.2) is 9.78 Å². The van der Waals surface area contributed by atoms with E-state index < -0.39 is 5.63 Å². The highest BCUT2D eigenvalue weighted by Gasteiger charge is 2.14. The Kier molecular flexibility index (Phi) is 3.09. The van der Waals surface area contributed by atoms with Crippen molar-refractivity contribution in [2.24, 2.45) is 0 Å². The van der Waals surface area contributed by atoms with Gasteiger partial charge in [0, 0.05) is 18.0 Å². The van der Waals surface area contributed by atoms with Gasteiger partial charge in [0.05, 0.1) is 5.52 Å². The standard InChI is InChI=1S/C17H16N2O2/c1-17(2,3)12-6-4-11(5-7-12)15-19-14-8-9-18-10-13(14)16(20)21-15/h4-10H,1-3H3. The van der Waals surface area contributed by atoms with Crippen LogP contribution < -0.4 is 5.63 Å². The summed E-state index contributed by atoms with van der Waals surface area (Å²) in [5, 5.41) is 0.396. The minimum atomic E-state index is -0.414. The number of nitrogens with zero attached hydrogens (tertiary/aromatic N) is 2. The molecular weight excluding hydrogens is 264 g/mol. The molecule has 0 N–H and O–H groups in total. The minimum absolute atomic E-state index is 0.0852. The third kappa shape index (κ3) is 2.57. The van der Waals surface area contributed by atoms with Gasteiger partial charge in [-0.15, -0.1) is 0 Å². The molecule has 0 bridgehead atoms. The minimum Gasteiger partial charge on any atom is -0.403 e. The first-order valence-electron chi connectivity index (χ1n) is 6.81. The molecule has 0 saturated heterocycles. The van der Waals surface area contributed by atoms with Gasteiger partial charge in [-0.1, -0.05) is 32.9 Å². The average Bonchev–Trinajstić information content (AvgIpc) is 2.46. The highest BCUT2D eigenvalue weighted by molar-refractivity contribution is 5.77. The van der Waals surface area contributed by atoms with Gasteiger partial charge in [-0.3, -0.25) is 4.98 Å². The summed E-state index contributed by atoms with van der Waals surface area (Å²) in [7, 11) is 0. The van der Waals surface area contributed by atoms with Gasteiger partial charge in [0.15, 0.2) is 0 Å². The molecule has 3 rings (SSSR count). The fourth-order valence-corrected chi connectivity index (χ4v) is 2.15. The zero-order valence-electron chi connectivity index (χ0n) is 12.3. The molecule has 0 saturated carbocycles. The predicted octanol–water partition coefficient (Wildman–Crippen LogP) is 3.55. The van der Waals surface area contributed by atoms with Crippen LogP contribution in [0.15, 0.2) is 51.9 Å². The number of hydrogen-bond donors (Lipinski definition) is 0. The third-order valence-corrected chi connectivity index (χ3v) is 3.43. The summed E-state index contributed by atoms with van der Waals surface area (Å²) in [6.45, 7) is 6.47. The highest BCUT2D eigenvalue weighted by Crippen LogP contribution is 2.25. The zero-order chi connectivity index (χ0) is 15.0. The summed E-state index contributed by atoms with van der Waals surface area (Å²) in [6, 6.07) is 9.64. The second-order valence-corrected chi connectivity index (χ2v) is 6.03. The number of benzene rings is 1. The van der Waals surface area contributed by atoms with Crippen molar-refractivity contribution >= 4 is 10.9 Å². The van der Waals surface area contributed by atoms with Crippen LogP contribution in [0.4, 0.5) is 0 Å². The van der Waals surface area contributed by atoms with E-state index in [1.807, 2.05) is 24.3 Å². The molecule has 0 radical (unpaired) electrons. The first-order chi connectivity index (χ1) is 9.95. The van der Waals surface area contributed by atoms with E-state index in [0.717, 1.165) is 5.56 Å². The summed E-state index contributed by atoms with van der Waals surface area (Å²) >= 11 is 0. The van der Waals surface area contributed by atoms with Crippen LogP contribution in [0.2, 0.25) is 0 Å². The van der Waals surface area contributed by atoms with Crippen LogP contribution in [-0.4, -0.2) is 9.97 Å². The van der Waals surface area contributed by atoms with Gasteiger partial charge in [0.25, 0.3) is 0 Å². The van der Waals surface area contributed by atoms with E-state index >= 15 is 0 Å². The van der Waals surface area contributed by atoms with Crippen LogP contribution in [0.3, 0.4) is 0 Å². The maximum Gasteiger partial charge on any atom is 0.348 e. The molecule has 0 fully saturated rings. The molecule has 0 amide bonds. The second kappa shape index (κ2) is 4.81. The van der Waals surface area contributed by atoms with Gasteiger partial charge in [-0.05, 0) is 29.2 Å². The van der Waals surface area contributed by atoms with Crippen molar-refractivity contribution in [3.8, 4) is 11.5 Å². The van der Waals surface area contributed by atoms with Crippen LogP contribution in [0.1, 0.15) is 26.3 Å². The van der Waals surface area contributed by atoms with Crippen molar-refractivity contribution in [1.82, 2.24) is 9.97 Å². The molecular formula is C17H16N2O2. The second-order valence-electron chi connectivity index (χ2n) is 6.03. The van der Waals surface area contributed by atoms with Crippen molar-refractivity contribution in [1.29, 1.82) is 0 Å². The number of pyridine rings is 1. The molecule has 1 aromatic carbocycles. The van der Waals surface area contributed by atoms with Crippen molar-refractivity contribution in [3.05, 3.63) is 58.7 Å². The van der Waals surface area contributed by atoms with E-state index in [9.17, 15) is 4.79 Å². The van der Waals surface area contributed by atoms with Crippen molar-refractivity contribution in [3.63, 3.8) is 0 Å². The number of fused-ring (bicyclic) bond motifs is 1. The van der Waals surface area contributed by atoms with Crippen molar-refractivity contribution < 1.29 is 4.42 Å². The monoisotopic (exact) mass is 280 g/mol. The highest BCUT2D eigenvalue weighted by atomic mass is 16.4. The number of hydrogen-bond acceptors (Lipinski definition) is 4. The van der Waals surface area contributed by atoms with Crippen LogP contribution in [-0.2, 0) is 5.41 Å². The van der Waals surface area contributed by atoms with Crippen LogP contribution in [0.5, 0.6) is 0 Å². The molecule has 4 heteroatoms. The quantitative estimate of drug-likeness (QED) is 0.684. The topological polar surface area (TPSA) is 56.0 Å². The Balaban J connectivity index is 2.10. The van der Waals surface area contributed by atoms with Crippen LogP contribution in [0, 0.1) is 0 Å². The Morgan fingerprint density at radius 2 is 1.76 bits per heavy atom. The molecule has 0 spiro atoms. The summed E-state index contributed by atoms with van der Waals surface area (Å²) in [6.07, 6.45) is 3.09. The van der Waals surface area contributed by atoms with Gasteiger partial charge < -0.3 is 4.42 Å². The van der Waals surface area contributed by atoms with Crippen molar-refractivity contribution in [2.45, 2.75) is 26.2 Å². The maximum atomic E-state index is 12.0. The normalized spacial score (nSPS) is 11.8. The van der Waals surface area contributed by atoms with Crippen molar-refractivity contribution in [2.75, 3.05) is 0 Å². The molecule has 3 aromatic rings.